The fourth-order valence-electron chi connectivity index (χ4n) is 5.78. The molecule has 1 saturated heterocycles. The van der Waals surface area contributed by atoms with E-state index in [4.69, 9.17) is 0 Å². The van der Waals surface area contributed by atoms with Crippen LogP contribution in [-0.2, 0) is 0 Å². The number of likely N-dealkylation sites (tertiary alicyclic amines) is 1. The van der Waals surface area contributed by atoms with Crippen LogP contribution in [0.25, 0.3) is 0 Å². The first kappa shape index (κ1) is 26.6. The largest absolute Gasteiger partial charge is 0.335 e. The van der Waals surface area contributed by atoms with Crippen molar-refractivity contribution in [3.63, 3.8) is 0 Å². The zero-order valence-corrected chi connectivity index (χ0v) is 24.2. The van der Waals surface area contributed by atoms with Crippen molar-refractivity contribution in [3.8, 4) is 0 Å². The molecule has 0 saturated carbocycles. The van der Waals surface area contributed by atoms with Gasteiger partial charge in [-0.3, -0.25) is 4.79 Å². The van der Waals surface area contributed by atoms with Crippen LogP contribution in [0.3, 0.4) is 0 Å². The zero-order valence-electron chi connectivity index (χ0n) is 22.5. The van der Waals surface area contributed by atoms with Crippen molar-refractivity contribution >= 4 is 43.0 Å². The van der Waals surface area contributed by atoms with Crippen molar-refractivity contribution < 1.29 is 4.79 Å². The summed E-state index contributed by atoms with van der Waals surface area (Å²) < 4.78 is 0. The van der Waals surface area contributed by atoms with Crippen LogP contribution < -0.4 is 21.2 Å². The summed E-state index contributed by atoms with van der Waals surface area (Å²) in [4.78, 5) is 16.3. The van der Waals surface area contributed by atoms with E-state index in [0.717, 1.165) is 24.7 Å². The van der Waals surface area contributed by atoms with E-state index in [0.29, 0.717) is 5.66 Å². The summed E-state index contributed by atoms with van der Waals surface area (Å²) in [6, 6.07) is 53.7. The molecule has 4 heteroatoms. The first-order valence-electron chi connectivity index (χ1n) is 13.9. The summed E-state index contributed by atoms with van der Waals surface area (Å²) in [5.74, 6) is 0.153. The minimum atomic E-state index is -0.619. The van der Waals surface area contributed by atoms with E-state index in [1.54, 1.807) is 0 Å². The smallest absolute Gasteiger partial charge is 0.254 e. The van der Waals surface area contributed by atoms with E-state index in [1.165, 1.54) is 21.2 Å². The normalized spacial score (nSPS) is 16.9. The average molecular weight is 558 g/mol. The Bertz CT molecular complexity index is 1420. The lowest BCUT2D eigenvalue weighted by Gasteiger charge is -2.29. The number of carbonyl (C=O) groups excluding carboxylic acids is 1. The molecule has 1 aliphatic heterocycles. The van der Waals surface area contributed by atoms with Crippen LogP contribution in [0, 0.1) is 0 Å². The minimum Gasteiger partial charge on any atom is -0.335 e. The second kappa shape index (κ2) is 12.7. The third-order valence-electron chi connectivity index (χ3n) is 7.64. The van der Waals surface area contributed by atoms with E-state index in [9.17, 15) is 4.79 Å². The molecular formula is C36H33NOP2. The lowest BCUT2D eigenvalue weighted by molar-refractivity contribution is 0.0750. The topological polar surface area (TPSA) is 20.3 Å². The first-order valence-corrected chi connectivity index (χ1v) is 16.8. The molecule has 0 radical (unpaired) electrons. The molecule has 0 bridgehead atoms. The summed E-state index contributed by atoms with van der Waals surface area (Å²) in [5.41, 5.74) is 1.17. The van der Waals surface area contributed by atoms with Gasteiger partial charge in [0.2, 0.25) is 0 Å². The minimum absolute atomic E-state index is 0.153. The van der Waals surface area contributed by atoms with Gasteiger partial charge in [-0.25, -0.2) is 0 Å². The van der Waals surface area contributed by atoms with Gasteiger partial charge in [0, 0.05) is 23.8 Å². The van der Waals surface area contributed by atoms with Crippen molar-refractivity contribution in [2.75, 3.05) is 12.7 Å². The molecule has 1 fully saturated rings. The SMILES string of the molecule is O=C(c1ccccc1)N1C[C@@H](P(c2ccccc2)c2ccccc2)C[C@H]1CP(c1ccccc1)c1ccccc1. The molecule has 6 rings (SSSR count). The van der Waals surface area contributed by atoms with Gasteiger partial charge in [-0.05, 0) is 61.8 Å². The monoisotopic (exact) mass is 557 g/mol. The third-order valence-corrected chi connectivity index (χ3v) is 13.1. The van der Waals surface area contributed by atoms with Crippen LogP contribution in [-0.4, -0.2) is 35.2 Å². The predicted molar refractivity (Wildman–Crippen MR) is 173 cm³/mol. The van der Waals surface area contributed by atoms with Crippen LogP contribution in [0.1, 0.15) is 16.8 Å². The van der Waals surface area contributed by atoms with Gasteiger partial charge < -0.3 is 4.90 Å². The number of carbonyl (C=O) groups is 1. The van der Waals surface area contributed by atoms with Gasteiger partial charge in [-0.15, -0.1) is 0 Å². The molecule has 0 aromatic heterocycles. The lowest BCUT2D eigenvalue weighted by atomic mass is 10.2. The highest BCUT2D eigenvalue weighted by molar-refractivity contribution is 7.74. The fourth-order valence-corrected chi connectivity index (χ4v) is 11.3. The maximum atomic E-state index is 14.1. The molecule has 5 aromatic carbocycles. The van der Waals surface area contributed by atoms with E-state index in [2.05, 4.69) is 126 Å². The molecule has 2 atom stereocenters. The molecule has 0 N–H and O–H groups in total. The molecule has 1 aliphatic rings. The third kappa shape index (κ3) is 5.95. The number of hydrogen-bond donors (Lipinski definition) is 0. The van der Waals surface area contributed by atoms with E-state index < -0.39 is 15.8 Å². The van der Waals surface area contributed by atoms with Gasteiger partial charge in [0.25, 0.3) is 5.91 Å². The van der Waals surface area contributed by atoms with Crippen LogP contribution in [0.4, 0.5) is 0 Å². The van der Waals surface area contributed by atoms with Crippen LogP contribution in [0.5, 0.6) is 0 Å². The second-order valence-corrected chi connectivity index (χ2v) is 14.9. The highest BCUT2D eigenvalue weighted by Crippen LogP contribution is 2.48. The number of nitrogens with zero attached hydrogens (tertiary/aromatic N) is 1. The standard InChI is InChI=1S/C36H33NOP2/c38-36(29-16-6-1-7-17-29)37-27-35(40(33-22-12-4-13-23-33)34-24-14-5-15-25-34)26-30(37)28-39(31-18-8-2-9-19-31)32-20-10-3-11-21-32/h1-25,30,35H,26-28H2/t30-,35-/m0/s1. The Labute approximate surface area is 240 Å². The Balaban J connectivity index is 1.39. The van der Waals surface area contributed by atoms with Gasteiger partial charge in [-0.1, -0.05) is 140 Å². The number of benzene rings is 5. The lowest BCUT2D eigenvalue weighted by Crippen LogP contribution is -2.39. The Kier molecular flexibility index (Phi) is 8.48. The highest BCUT2D eigenvalue weighted by Gasteiger charge is 2.41. The van der Waals surface area contributed by atoms with Crippen LogP contribution in [0.2, 0.25) is 0 Å². The fraction of sp³-hybridized carbons (Fsp3) is 0.139. The summed E-state index contributed by atoms with van der Waals surface area (Å²) in [5, 5.41) is 5.50. The van der Waals surface area contributed by atoms with Crippen LogP contribution >= 0.6 is 15.8 Å². The van der Waals surface area contributed by atoms with Gasteiger partial charge >= 0.3 is 0 Å². The molecule has 0 spiro atoms. The summed E-state index contributed by atoms with van der Waals surface area (Å²) in [6.07, 6.45) is 1.97. The van der Waals surface area contributed by atoms with Gasteiger partial charge in [-0.2, -0.15) is 0 Å². The molecule has 40 heavy (non-hydrogen) atoms. The van der Waals surface area contributed by atoms with Crippen molar-refractivity contribution in [3.05, 3.63) is 157 Å². The van der Waals surface area contributed by atoms with Crippen molar-refractivity contribution in [2.24, 2.45) is 0 Å². The molecule has 0 aliphatic carbocycles. The van der Waals surface area contributed by atoms with E-state index in [1.807, 2.05) is 30.3 Å². The maximum Gasteiger partial charge on any atom is 0.254 e. The summed E-state index contributed by atoms with van der Waals surface area (Å²) in [6.45, 7) is 0.778. The maximum absolute atomic E-state index is 14.1. The Morgan fingerprint density at radius 3 is 1.43 bits per heavy atom. The molecule has 5 aromatic rings. The zero-order chi connectivity index (χ0) is 27.1. The number of hydrogen-bond acceptors (Lipinski definition) is 1. The van der Waals surface area contributed by atoms with Crippen molar-refractivity contribution in [1.29, 1.82) is 0 Å². The van der Waals surface area contributed by atoms with Gasteiger partial charge in [0.05, 0.1) is 0 Å². The Hall–Kier alpha value is -3.57. The predicted octanol–water partition coefficient (Wildman–Crippen LogP) is 6.54. The summed E-state index contributed by atoms with van der Waals surface area (Å²) in [7, 11) is -1.23. The number of rotatable bonds is 8. The Morgan fingerprint density at radius 1 is 0.575 bits per heavy atom. The second-order valence-electron chi connectivity index (χ2n) is 10.2. The quantitative estimate of drug-likeness (QED) is 0.199. The molecular weight excluding hydrogens is 524 g/mol. The van der Waals surface area contributed by atoms with Crippen molar-refractivity contribution in [2.45, 2.75) is 18.1 Å². The molecule has 198 valence electrons. The van der Waals surface area contributed by atoms with Crippen LogP contribution in [0.15, 0.2) is 152 Å². The molecule has 0 unspecified atom stereocenters. The highest BCUT2D eigenvalue weighted by atomic mass is 31.1. The van der Waals surface area contributed by atoms with Gasteiger partial charge in [0.15, 0.2) is 0 Å². The molecule has 1 amide bonds. The average Bonchev–Trinajstić information content (AvgIpc) is 3.45. The van der Waals surface area contributed by atoms with E-state index in [-0.39, 0.29) is 11.9 Å². The summed E-state index contributed by atoms with van der Waals surface area (Å²) >= 11 is 0. The van der Waals surface area contributed by atoms with E-state index >= 15 is 0 Å². The van der Waals surface area contributed by atoms with Gasteiger partial charge in [0.1, 0.15) is 0 Å². The first-order chi connectivity index (χ1) is 19.8. The molecule has 1 heterocycles. The Morgan fingerprint density at radius 2 is 0.975 bits per heavy atom. The molecule has 2 nitrogen and oxygen atoms in total. The number of amides is 1. The van der Waals surface area contributed by atoms with Crippen molar-refractivity contribution in [1.82, 2.24) is 4.90 Å².